The van der Waals surface area contributed by atoms with Crippen LogP contribution in [-0.2, 0) is 19.1 Å². The summed E-state index contributed by atoms with van der Waals surface area (Å²) < 4.78 is 4.76. The fraction of sp³-hybridized carbons (Fsp3) is 0.700. The van der Waals surface area contributed by atoms with E-state index in [2.05, 4.69) is 5.32 Å². The fourth-order valence-electron chi connectivity index (χ4n) is 1.67. The van der Waals surface area contributed by atoms with Crippen LogP contribution in [0.2, 0.25) is 0 Å². The summed E-state index contributed by atoms with van der Waals surface area (Å²) in [6.45, 7) is 2.67. The van der Waals surface area contributed by atoms with E-state index in [-0.39, 0.29) is 30.7 Å². The second-order valence-corrected chi connectivity index (χ2v) is 3.80. The molecule has 1 aliphatic heterocycles. The molecule has 17 heavy (non-hydrogen) atoms. The minimum absolute atomic E-state index is 0.137. The van der Waals surface area contributed by atoms with Gasteiger partial charge in [-0.3, -0.25) is 14.4 Å². The first-order valence-electron chi connectivity index (χ1n) is 5.39. The van der Waals surface area contributed by atoms with Crippen LogP contribution in [0.25, 0.3) is 0 Å². The summed E-state index contributed by atoms with van der Waals surface area (Å²) in [4.78, 5) is 35.8. The third-order valence-electron chi connectivity index (χ3n) is 2.43. The van der Waals surface area contributed by atoms with Gasteiger partial charge < -0.3 is 15.0 Å². The Morgan fingerprint density at radius 1 is 1.59 bits per heavy atom. The summed E-state index contributed by atoms with van der Waals surface area (Å²) in [5, 5.41) is 2.60. The molecule has 0 bridgehead atoms. The lowest BCUT2D eigenvalue weighted by molar-refractivity contribution is -0.150. The van der Waals surface area contributed by atoms with E-state index >= 15 is 0 Å². The maximum atomic E-state index is 11.6. The number of ether oxygens (including phenoxy) is 1. The van der Waals surface area contributed by atoms with Gasteiger partial charge in [-0.1, -0.05) is 0 Å². The predicted molar refractivity (Wildman–Crippen MR) is 60.5 cm³/mol. The van der Waals surface area contributed by atoms with E-state index in [1.165, 1.54) is 4.90 Å². The van der Waals surface area contributed by atoms with Gasteiger partial charge in [-0.2, -0.15) is 0 Å². The molecular formula is C10H15ClN2O4. The number of nitrogens with zero attached hydrogens (tertiary/aromatic N) is 1. The number of hydrogen-bond acceptors (Lipinski definition) is 4. The minimum Gasteiger partial charge on any atom is -0.466 e. The average molecular weight is 263 g/mol. The van der Waals surface area contributed by atoms with Gasteiger partial charge in [0.05, 0.1) is 13.0 Å². The number of carbonyl (C=O) groups is 3. The van der Waals surface area contributed by atoms with Crippen molar-refractivity contribution in [3.63, 3.8) is 0 Å². The molecule has 0 aromatic rings. The third-order valence-corrected chi connectivity index (χ3v) is 2.66. The van der Waals surface area contributed by atoms with Crippen molar-refractivity contribution in [2.24, 2.45) is 0 Å². The number of rotatable bonds is 4. The number of hydrogen-bond donors (Lipinski definition) is 1. The number of esters is 1. The summed E-state index contributed by atoms with van der Waals surface area (Å²) >= 11 is 5.46. The smallest absolute Gasteiger partial charge is 0.308 e. The monoisotopic (exact) mass is 262 g/mol. The number of piperazine rings is 1. The molecule has 96 valence electrons. The van der Waals surface area contributed by atoms with Crippen LogP contribution >= 0.6 is 11.6 Å². The molecule has 0 aromatic heterocycles. The normalized spacial score (nSPS) is 19.8. The second kappa shape index (κ2) is 6.44. The van der Waals surface area contributed by atoms with Crippen molar-refractivity contribution in [3.05, 3.63) is 0 Å². The van der Waals surface area contributed by atoms with Crippen LogP contribution in [-0.4, -0.2) is 54.3 Å². The van der Waals surface area contributed by atoms with Gasteiger partial charge in [-0.25, -0.2) is 0 Å². The molecule has 1 N–H and O–H groups in total. The van der Waals surface area contributed by atoms with E-state index in [9.17, 15) is 14.4 Å². The summed E-state index contributed by atoms with van der Waals surface area (Å²) in [6.07, 6.45) is -0.137. The van der Waals surface area contributed by atoms with Crippen molar-refractivity contribution < 1.29 is 19.1 Å². The molecule has 1 heterocycles. The Balaban J connectivity index is 2.70. The molecule has 1 fully saturated rings. The quantitative estimate of drug-likeness (QED) is 0.548. The van der Waals surface area contributed by atoms with Crippen molar-refractivity contribution in [3.8, 4) is 0 Å². The molecule has 2 amide bonds. The van der Waals surface area contributed by atoms with E-state index in [1.807, 2.05) is 0 Å². The zero-order valence-electron chi connectivity index (χ0n) is 9.57. The maximum Gasteiger partial charge on any atom is 0.308 e. The Morgan fingerprint density at radius 2 is 2.29 bits per heavy atom. The summed E-state index contributed by atoms with van der Waals surface area (Å²) in [6, 6.07) is -0.811. The lowest BCUT2D eigenvalue weighted by Gasteiger charge is -2.34. The Bertz CT molecular complexity index is 321. The molecule has 0 spiro atoms. The fourth-order valence-corrected chi connectivity index (χ4v) is 1.82. The summed E-state index contributed by atoms with van der Waals surface area (Å²) in [5.74, 6) is -1.40. The van der Waals surface area contributed by atoms with Gasteiger partial charge >= 0.3 is 5.97 Å². The van der Waals surface area contributed by atoms with E-state index in [0.717, 1.165) is 0 Å². The molecule has 1 atom stereocenters. The molecule has 1 rings (SSSR count). The maximum absolute atomic E-state index is 11.6. The van der Waals surface area contributed by atoms with Gasteiger partial charge in [-0.15, -0.1) is 11.6 Å². The minimum atomic E-state index is -0.811. The molecular weight excluding hydrogens is 248 g/mol. The topological polar surface area (TPSA) is 75.7 Å². The zero-order valence-corrected chi connectivity index (χ0v) is 10.3. The van der Waals surface area contributed by atoms with Crippen molar-refractivity contribution in [1.29, 1.82) is 0 Å². The van der Waals surface area contributed by atoms with E-state index in [4.69, 9.17) is 16.3 Å². The van der Waals surface area contributed by atoms with Crippen LogP contribution in [0.5, 0.6) is 0 Å². The van der Waals surface area contributed by atoms with Crippen LogP contribution in [0.15, 0.2) is 0 Å². The third kappa shape index (κ3) is 3.59. The van der Waals surface area contributed by atoms with Crippen LogP contribution < -0.4 is 5.32 Å². The number of amides is 2. The molecule has 7 heteroatoms. The van der Waals surface area contributed by atoms with Crippen molar-refractivity contribution in [2.75, 3.05) is 25.6 Å². The standard InChI is InChI=1S/C10H15ClN2O4/c1-2-17-9(15)5-7-10(16)12-3-4-13(7)8(14)6-11/h7H,2-6H2,1H3,(H,12,16)/t7-/m1/s1. The van der Waals surface area contributed by atoms with E-state index < -0.39 is 12.0 Å². The van der Waals surface area contributed by atoms with Gasteiger partial charge in [0.2, 0.25) is 11.8 Å². The first kappa shape index (κ1) is 13.8. The molecule has 0 radical (unpaired) electrons. The molecule has 1 aliphatic rings. The predicted octanol–water partition coefficient (Wildman–Crippen LogP) is -0.495. The first-order valence-corrected chi connectivity index (χ1v) is 5.92. The van der Waals surface area contributed by atoms with E-state index in [0.29, 0.717) is 13.1 Å². The van der Waals surface area contributed by atoms with Gasteiger partial charge in [-0.05, 0) is 6.92 Å². The Kier molecular flexibility index (Phi) is 5.21. The number of carbonyl (C=O) groups excluding carboxylic acids is 3. The van der Waals surface area contributed by atoms with Crippen LogP contribution in [0.1, 0.15) is 13.3 Å². The molecule has 0 aliphatic carbocycles. The molecule has 6 nitrogen and oxygen atoms in total. The highest BCUT2D eigenvalue weighted by Crippen LogP contribution is 2.10. The Hall–Kier alpha value is -1.30. The van der Waals surface area contributed by atoms with Crippen molar-refractivity contribution in [1.82, 2.24) is 10.2 Å². The highest BCUT2D eigenvalue weighted by molar-refractivity contribution is 6.27. The van der Waals surface area contributed by atoms with Crippen molar-refractivity contribution in [2.45, 2.75) is 19.4 Å². The molecule has 1 saturated heterocycles. The summed E-state index contributed by atoms with van der Waals surface area (Å²) in [7, 11) is 0. The van der Waals surface area contributed by atoms with Gasteiger partial charge in [0.15, 0.2) is 0 Å². The number of nitrogens with one attached hydrogen (secondary N) is 1. The Morgan fingerprint density at radius 3 is 2.88 bits per heavy atom. The lowest BCUT2D eigenvalue weighted by atomic mass is 10.1. The molecule has 0 aromatic carbocycles. The van der Waals surface area contributed by atoms with Gasteiger partial charge in [0.25, 0.3) is 0 Å². The van der Waals surface area contributed by atoms with Crippen LogP contribution in [0.3, 0.4) is 0 Å². The van der Waals surface area contributed by atoms with Crippen LogP contribution in [0.4, 0.5) is 0 Å². The molecule has 0 unspecified atom stereocenters. The SMILES string of the molecule is CCOC(=O)C[C@@H]1C(=O)NCCN1C(=O)CCl. The first-order chi connectivity index (χ1) is 8.10. The van der Waals surface area contributed by atoms with Gasteiger partial charge in [0, 0.05) is 13.1 Å². The largest absolute Gasteiger partial charge is 0.466 e. The van der Waals surface area contributed by atoms with Gasteiger partial charge in [0.1, 0.15) is 11.9 Å². The van der Waals surface area contributed by atoms with Crippen molar-refractivity contribution >= 4 is 29.4 Å². The zero-order chi connectivity index (χ0) is 12.8. The highest BCUT2D eigenvalue weighted by Gasteiger charge is 2.34. The molecule has 0 saturated carbocycles. The van der Waals surface area contributed by atoms with Crippen LogP contribution in [0, 0.1) is 0 Å². The average Bonchev–Trinajstić information content (AvgIpc) is 2.31. The number of halogens is 1. The number of alkyl halides is 1. The Labute approximate surface area is 104 Å². The highest BCUT2D eigenvalue weighted by atomic mass is 35.5. The summed E-state index contributed by atoms with van der Waals surface area (Å²) in [5.41, 5.74) is 0. The van der Waals surface area contributed by atoms with E-state index in [1.54, 1.807) is 6.92 Å². The lowest BCUT2D eigenvalue weighted by Crippen LogP contribution is -2.58. The second-order valence-electron chi connectivity index (χ2n) is 3.54.